The van der Waals surface area contributed by atoms with Crippen molar-refractivity contribution in [2.45, 2.75) is 2.57 Å². The Morgan fingerprint density at radius 2 is 1.62 bits per heavy atom. The van der Waals surface area contributed by atoms with Gasteiger partial charge in [0.25, 0.3) is 0 Å². The van der Waals surface area contributed by atoms with Gasteiger partial charge in [-0.25, -0.2) is 8.42 Å². The molecule has 0 unspecified atom stereocenters. The van der Waals surface area contributed by atoms with E-state index in [-0.39, 0.29) is 0 Å². The average Bonchev–Trinajstić information content (AvgIpc) is 2.04. The van der Waals surface area contributed by atoms with Gasteiger partial charge < -0.3 is 0 Å². The highest BCUT2D eigenvalue weighted by molar-refractivity contribution is 9.26. The monoisotopic (exact) mass is 346 g/mol. The van der Waals surface area contributed by atoms with E-state index in [2.05, 4.69) is 31.9 Å². The Labute approximate surface area is 99.5 Å². The van der Waals surface area contributed by atoms with Crippen LogP contribution in [0, 0.1) is 0 Å². The summed E-state index contributed by atoms with van der Waals surface area (Å²) in [5.41, 5.74) is 0.591. The van der Waals surface area contributed by atoms with Crippen molar-refractivity contribution in [2.75, 3.05) is 0 Å². The predicted molar refractivity (Wildman–Crippen MR) is 61.3 cm³/mol. The minimum absolute atomic E-state index is 0.570. The van der Waals surface area contributed by atoms with Crippen molar-refractivity contribution in [3.63, 3.8) is 0 Å². The lowest BCUT2D eigenvalue weighted by Gasteiger charge is -2.12. The Bertz CT molecular complexity index is 365. The molecule has 0 radical (unpaired) electrons. The summed E-state index contributed by atoms with van der Waals surface area (Å²) in [6.07, 6.45) is 0. The van der Waals surface area contributed by atoms with Gasteiger partial charge in [-0.1, -0.05) is 23.7 Å². The van der Waals surface area contributed by atoms with Crippen molar-refractivity contribution < 1.29 is 8.42 Å². The summed E-state index contributed by atoms with van der Waals surface area (Å²) in [5.74, 6) is 0. The van der Waals surface area contributed by atoms with Crippen LogP contribution in [0.3, 0.4) is 0 Å². The van der Waals surface area contributed by atoms with E-state index in [9.17, 15) is 8.42 Å². The van der Waals surface area contributed by atoms with Crippen LogP contribution in [0.1, 0.15) is 5.56 Å². The second-order valence-corrected chi connectivity index (χ2v) is 8.60. The first kappa shape index (κ1) is 11.5. The molecule has 0 aliphatic carbocycles. The number of hydrogen-bond donors (Lipinski definition) is 1. The van der Waals surface area contributed by atoms with Gasteiger partial charge in [-0.15, -0.1) is 0 Å². The smallest absolute Gasteiger partial charge is 0.203 e. The molecule has 2 nitrogen and oxygen atoms in total. The van der Waals surface area contributed by atoms with Crippen LogP contribution in [0.25, 0.3) is 0 Å². The van der Waals surface area contributed by atoms with Crippen molar-refractivity contribution in [3.8, 4) is 0 Å². The molecule has 72 valence electrons. The maximum absolute atomic E-state index is 10.8. The Hall–Kier alpha value is 0.420. The molecular formula is C7H5Br2ClO2S. The molecule has 0 aliphatic heterocycles. The SMILES string of the molecule is O=[SH](=O)C(Br)(Br)c1ccc(Cl)cc1. The van der Waals surface area contributed by atoms with Crippen LogP contribution in [0.2, 0.25) is 5.02 Å². The summed E-state index contributed by atoms with van der Waals surface area (Å²) in [5, 5.41) is 0.570. The molecule has 0 spiro atoms. The van der Waals surface area contributed by atoms with Gasteiger partial charge in [-0.05, 0) is 49.6 Å². The molecule has 0 aromatic heterocycles. The molecule has 0 atom stereocenters. The van der Waals surface area contributed by atoms with Gasteiger partial charge >= 0.3 is 0 Å². The normalized spacial score (nSPS) is 12.0. The van der Waals surface area contributed by atoms with E-state index in [0.29, 0.717) is 10.6 Å². The number of thiol groups is 1. The van der Waals surface area contributed by atoms with E-state index in [1.54, 1.807) is 24.3 Å². The molecule has 1 aromatic carbocycles. The average molecular weight is 348 g/mol. The molecule has 6 heteroatoms. The summed E-state index contributed by atoms with van der Waals surface area (Å²) < 4.78 is 20.4. The van der Waals surface area contributed by atoms with Gasteiger partial charge in [0, 0.05) is 5.02 Å². The molecule has 13 heavy (non-hydrogen) atoms. The fourth-order valence-electron chi connectivity index (χ4n) is 0.756. The summed E-state index contributed by atoms with van der Waals surface area (Å²) in [6.45, 7) is 0. The van der Waals surface area contributed by atoms with Crippen molar-refractivity contribution in [1.82, 2.24) is 0 Å². The van der Waals surface area contributed by atoms with Crippen LogP contribution >= 0.6 is 43.5 Å². The van der Waals surface area contributed by atoms with Crippen molar-refractivity contribution in [1.29, 1.82) is 0 Å². The van der Waals surface area contributed by atoms with E-state index >= 15 is 0 Å². The van der Waals surface area contributed by atoms with Crippen LogP contribution in [-0.2, 0) is 13.3 Å². The quantitative estimate of drug-likeness (QED) is 0.659. The molecular weight excluding hydrogens is 343 g/mol. The Kier molecular flexibility index (Phi) is 3.80. The summed E-state index contributed by atoms with van der Waals surface area (Å²) in [6, 6.07) is 6.54. The summed E-state index contributed by atoms with van der Waals surface area (Å²) in [4.78, 5) is 0. The molecule has 0 heterocycles. The van der Waals surface area contributed by atoms with Gasteiger partial charge in [0.1, 0.15) is 0 Å². The first-order valence-electron chi connectivity index (χ1n) is 3.23. The second kappa shape index (κ2) is 4.29. The van der Waals surface area contributed by atoms with E-state index < -0.39 is 13.3 Å². The zero-order valence-corrected chi connectivity index (χ0v) is 11.0. The zero-order chi connectivity index (χ0) is 10.1. The topological polar surface area (TPSA) is 34.1 Å². The molecule has 1 rings (SSSR count). The van der Waals surface area contributed by atoms with E-state index in [1.165, 1.54) is 0 Å². The van der Waals surface area contributed by atoms with Crippen LogP contribution in [0.4, 0.5) is 0 Å². The maximum Gasteiger partial charge on any atom is 0.203 e. The Balaban J connectivity index is 3.15. The number of benzene rings is 1. The van der Waals surface area contributed by atoms with Gasteiger partial charge in [0.2, 0.25) is 2.57 Å². The second-order valence-electron chi connectivity index (χ2n) is 2.31. The Morgan fingerprint density at radius 3 is 2.00 bits per heavy atom. The molecule has 0 saturated carbocycles. The number of alkyl halides is 2. The van der Waals surface area contributed by atoms with Crippen LogP contribution < -0.4 is 0 Å². The maximum atomic E-state index is 10.8. The summed E-state index contributed by atoms with van der Waals surface area (Å²) >= 11 is 11.8. The summed E-state index contributed by atoms with van der Waals surface area (Å²) in [7, 11) is -2.64. The van der Waals surface area contributed by atoms with Gasteiger partial charge in [-0.2, -0.15) is 0 Å². The van der Waals surface area contributed by atoms with Crippen LogP contribution in [0.15, 0.2) is 24.3 Å². The first-order valence-corrected chi connectivity index (χ1v) is 6.37. The van der Waals surface area contributed by atoms with Gasteiger partial charge in [0.05, 0.1) is 0 Å². The largest absolute Gasteiger partial charge is 0.229 e. The fraction of sp³-hybridized carbons (Fsp3) is 0.143. The number of hydrogen-bond acceptors (Lipinski definition) is 2. The molecule has 0 N–H and O–H groups in total. The van der Waals surface area contributed by atoms with Crippen LogP contribution in [-0.4, -0.2) is 8.42 Å². The fourth-order valence-corrected chi connectivity index (χ4v) is 1.77. The Morgan fingerprint density at radius 1 is 1.15 bits per heavy atom. The zero-order valence-electron chi connectivity index (χ0n) is 6.21. The minimum atomic E-state index is -2.64. The third-order valence-electron chi connectivity index (χ3n) is 1.42. The van der Waals surface area contributed by atoms with Crippen LogP contribution in [0.5, 0.6) is 0 Å². The highest BCUT2D eigenvalue weighted by Gasteiger charge is 2.28. The highest BCUT2D eigenvalue weighted by atomic mass is 79.9. The predicted octanol–water partition coefficient (Wildman–Crippen LogP) is 2.85. The molecule has 0 fully saturated rings. The third-order valence-corrected chi connectivity index (χ3v) is 5.04. The number of rotatable bonds is 2. The lowest BCUT2D eigenvalue weighted by molar-refractivity contribution is 0.611. The highest BCUT2D eigenvalue weighted by Crippen LogP contribution is 2.39. The van der Waals surface area contributed by atoms with Crippen molar-refractivity contribution in [2.24, 2.45) is 0 Å². The van der Waals surface area contributed by atoms with E-state index in [1.807, 2.05) is 0 Å². The first-order chi connectivity index (χ1) is 5.94. The van der Waals surface area contributed by atoms with Crippen molar-refractivity contribution in [3.05, 3.63) is 34.9 Å². The standard InChI is InChI=1S/C7H5Br2ClO2S/c8-7(9,13(11)12)5-1-3-6(10)4-2-5/h1-4,13H. The molecule has 0 bridgehead atoms. The lowest BCUT2D eigenvalue weighted by atomic mass is 10.2. The molecule has 0 saturated heterocycles. The van der Waals surface area contributed by atoms with Gasteiger partial charge in [-0.3, -0.25) is 0 Å². The van der Waals surface area contributed by atoms with E-state index in [4.69, 9.17) is 11.6 Å². The van der Waals surface area contributed by atoms with E-state index in [0.717, 1.165) is 0 Å². The third kappa shape index (κ3) is 2.68. The van der Waals surface area contributed by atoms with Gasteiger partial charge in [0.15, 0.2) is 10.7 Å². The molecule has 1 aromatic rings. The molecule has 0 aliphatic rings. The lowest BCUT2D eigenvalue weighted by Crippen LogP contribution is -2.09. The van der Waals surface area contributed by atoms with Crippen molar-refractivity contribution >= 4 is 54.2 Å². The minimum Gasteiger partial charge on any atom is -0.229 e. The molecule has 0 amide bonds. The number of halogens is 3.